The third-order valence-corrected chi connectivity index (χ3v) is 4.20. The van der Waals surface area contributed by atoms with Crippen LogP contribution in [0.3, 0.4) is 0 Å². The number of aromatic nitrogens is 2. The standard InChI is InChI=1S/C15H26N4O/c1-11(2)19(10-13-6-5-7-16-8-13)15(20)14-9-17-18(4)12(14)3/h9,11,13,16H,5-8,10H2,1-4H3. The van der Waals surface area contributed by atoms with Gasteiger partial charge in [0.15, 0.2) is 0 Å². The first-order chi connectivity index (χ1) is 9.50. The van der Waals surface area contributed by atoms with Gasteiger partial charge in [0.1, 0.15) is 0 Å². The number of nitrogens with zero attached hydrogens (tertiary/aromatic N) is 3. The van der Waals surface area contributed by atoms with E-state index in [0.29, 0.717) is 5.92 Å². The van der Waals surface area contributed by atoms with Gasteiger partial charge in [0, 0.05) is 25.3 Å². The number of carbonyl (C=O) groups excluding carboxylic acids is 1. The molecule has 2 heterocycles. The third kappa shape index (κ3) is 3.20. The van der Waals surface area contributed by atoms with Crippen LogP contribution in [-0.4, -0.2) is 46.3 Å². The molecule has 0 spiro atoms. The van der Waals surface area contributed by atoms with Crippen molar-refractivity contribution in [2.24, 2.45) is 13.0 Å². The fourth-order valence-corrected chi connectivity index (χ4v) is 2.75. The van der Waals surface area contributed by atoms with Crippen LogP contribution in [0.1, 0.15) is 42.7 Å². The molecule has 0 aromatic carbocycles. The molecule has 112 valence electrons. The molecule has 2 rings (SSSR count). The summed E-state index contributed by atoms with van der Waals surface area (Å²) in [5.41, 5.74) is 1.66. The molecule has 1 aliphatic heterocycles. The van der Waals surface area contributed by atoms with Crippen LogP contribution in [0.2, 0.25) is 0 Å². The zero-order valence-electron chi connectivity index (χ0n) is 13.0. The Morgan fingerprint density at radius 3 is 2.85 bits per heavy atom. The minimum atomic E-state index is 0.108. The number of carbonyl (C=O) groups is 1. The lowest BCUT2D eigenvalue weighted by Crippen LogP contribution is -2.44. The van der Waals surface area contributed by atoms with E-state index in [2.05, 4.69) is 24.3 Å². The van der Waals surface area contributed by atoms with Crippen molar-refractivity contribution in [3.8, 4) is 0 Å². The number of hydrogen-bond donors (Lipinski definition) is 1. The zero-order chi connectivity index (χ0) is 14.7. The lowest BCUT2D eigenvalue weighted by molar-refractivity contribution is 0.0660. The van der Waals surface area contributed by atoms with Crippen molar-refractivity contribution in [2.75, 3.05) is 19.6 Å². The van der Waals surface area contributed by atoms with Gasteiger partial charge in [-0.25, -0.2) is 0 Å². The van der Waals surface area contributed by atoms with Crippen LogP contribution in [-0.2, 0) is 7.05 Å². The van der Waals surface area contributed by atoms with Crippen LogP contribution in [0, 0.1) is 12.8 Å². The van der Waals surface area contributed by atoms with Crippen LogP contribution in [0.25, 0.3) is 0 Å². The summed E-state index contributed by atoms with van der Waals surface area (Å²) >= 11 is 0. The fourth-order valence-electron chi connectivity index (χ4n) is 2.75. The summed E-state index contributed by atoms with van der Waals surface area (Å²) in [6.07, 6.45) is 4.10. The van der Waals surface area contributed by atoms with Gasteiger partial charge in [-0.2, -0.15) is 5.10 Å². The largest absolute Gasteiger partial charge is 0.336 e. The molecular formula is C15H26N4O. The first kappa shape index (κ1) is 15.0. The second kappa shape index (κ2) is 6.39. The van der Waals surface area contributed by atoms with Crippen LogP contribution < -0.4 is 5.32 Å². The molecule has 1 atom stereocenters. The Kier molecular flexibility index (Phi) is 4.81. The Morgan fingerprint density at radius 2 is 2.35 bits per heavy atom. The number of piperidine rings is 1. The lowest BCUT2D eigenvalue weighted by atomic mass is 9.98. The normalized spacial score (nSPS) is 19.4. The van der Waals surface area contributed by atoms with Crippen molar-refractivity contribution >= 4 is 5.91 Å². The maximum atomic E-state index is 12.7. The summed E-state index contributed by atoms with van der Waals surface area (Å²) in [5, 5.41) is 7.60. The van der Waals surface area contributed by atoms with Crippen molar-refractivity contribution in [1.29, 1.82) is 0 Å². The van der Waals surface area contributed by atoms with E-state index in [0.717, 1.165) is 30.9 Å². The molecule has 0 radical (unpaired) electrons. The lowest BCUT2D eigenvalue weighted by Gasteiger charge is -2.32. The van der Waals surface area contributed by atoms with E-state index in [-0.39, 0.29) is 11.9 Å². The molecule has 1 aliphatic rings. The number of nitrogens with one attached hydrogen (secondary N) is 1. The molecule has 1 aromatic rings. The van der Waals surface area contributed by atoms with Gasteiger partial charge in [0.25, 0.3) is 5.91 Å². The first-order valence-corrected chi connectivity index (χ1v) is 7.51. The second-order valence-corrected chi connectivity index (χ2v) is 6.03. The highest BCUT2D eigenvalue weighted by atomic mass is 16.2. The Bertz CT molecular complexity index is 460. The summed E-state index contributed by atoms with van der Waals surface area (Å²) in [6, 6.07) is 0.212. The SMILES string of the molecule is Cc1c(C(=O)N(CC2CCCNC2)C(C)C)cnn1C. The number of amides is 1. The molecule has 5 nitrogen and oxygen atoms in total. The van der Waals surface area contributed by atoms with Crippen molar-refractivity contribution in [1.82, 2.24) is 20.0 Å². The van der Waals surface area contributed by atoms with Crippen molar-refractivity contribution in [3.05, 3.63) is 17.5 Å². The molecule has 20 heavy (non-hydrogen) atoms. The average Bonchev–Trinajstić information content (AvgIpc) is 2.76. The quantitative estimate of drug-likeness (QED) is 0.909. The predicted molar refractivity (Wildman–Crippen MR) is 79.7 cm³/mol. The summed E-state index contributed by atoms with van der Waals surface area (Å²) < 4.78 is 1.76. The topological polar surface area (TPSA) is 50.2 Å². The van der Waals surface area contributed by atoms with Gasteiger partial charge >= 0.3 is 0 Å². The molecule has 5 heteroatoms. The van der Waals surface area contributed by atoms with Crippen molar-refractivity contribution in [3.63, 3.8) is 0 Å². The number of rotatable bonds is 4. The molecule has 1 fully saturated rings. The highest BCUT2D eigenvalue weighted by Crippen LogP contribution is 2.17. The molecule has 1 saturated heterocycles. The van der Waals surface area contributed by atoms with Crippen LogP contribution in [0.15, 0.2) is 6.20 Å². The Balaban J connectivity index is 2.11. The molecular weight excluding hydrogens is 252 g/mol. The molecule has 1 aromatic heterocycles. The summed E-state index contributed by atoms with van der Waals surface area (Å²) in [5.74, 6) is 0.670. The van der Waals surface area contributed by atoms with Gasteiger partial charge in [-0.3, -0.25) is 9.48 Å². The monoisotopic (exact) mass is 278 g/mol. The second-order valence-electron chi connectivity index (χ2n) is 6.03. The number of aryl methyl sites for hydroxylation is 1. The predicted octanol–water partition coefficient (Wildman–Crippen LogP) is 1.58. The van der Waals surface area contributed by atoms with E-state index in [1.807, 2.05) is 18.9 Å². The molecule has 0 saturated carbocycles. The minimum Gasteiger partial charge on any atom is -0.336 e. The van der Waals surface area contributed by atoms with Crippen LogP contribution in [0.5, 0.6) is 0 Å². The third-order valence-electron chi connectivity index (χ3n) is 4.20. The Labute approximate surface area is 121 Å². The fraction of sp³-hybridized carbons (Fsp3) is 0.733. The first-order valence-electron chi connectivity index (χ1n) is 7.51. The minimum absolute atomic E-state index is 0.108. The zero-order valence-corrected chi connectivity index (χ0v) is 13.0. The van der Waals surface area contributed by atoms with Crippen molar-refractivity contribution < 1.29 is 4.79 Å². The van der Waals surface area contributed by atoms with E-state index >= 15 is 0 Å². The molecule has 0 aliphatic carbocycles. The molecule has 1 amide bonds. The van der Waals surface area contributed by atoms with Crippen LogP contribution >= 0.6 is 0 Å². The van der Waals surface area contributed by atoms with Gasteiger partial charge in [-0.05, 0) is 52.6 Å². The summed E-state index contributed by atoms with van der Waals surface area (Å²) in [6.45, 7) is 9.06. The summed E-state index contributed by atoms with van der Waals surface area (Å²) in [7, 11) is 1.87. The molecule has 0 bridgehead atoms. The highest BCUT2D eigenvalue weighted by molar-refractivity contribution is 5.95. The average molecular weight is 278 g/mol. The van der Waals surface area contributed by atoms with Gasteiger partial charge < -0.3 is 10.2 Å². The smallest absolute Gasteiger partial charge is 0.257 e. The van der Waals surface area contributed by atoms with E-state index < -0.39 is 0 Å². The molecule has 1 N–H and O–H groups in total. The maximum absolute atomic E-state index is 12.7. The van der Waals surface area contributed by atoms with E-state index in [4.69, 9.17) is 0 Å². The van der Waals surface area contributed by atoms with Crippen LogP contribution in [0.4, 0.5) is 0 Å². The van der Waals surface area contributed by atoms with Gasteiger partial charge in [-0.15, -0.1) is 0 Å². The van der Waals surface area contributed by atoms with E-state index in [9.17, 15) is 4.79 Å². The van der Waals surface area contributed by atoms with Gasteiger partial charge in [0.05, 0.1) is 11.8 Å². The van der Waals surface area contributed by atoms with Crippen molar-refractivity contribution in [2.45, 2.75) is 39.7 Å². The van der Waals surface area contributed by atoms with E-state index in [1.165, 1.54) is 12.8 Å². The Morgan fingerprint density at radius 1 is 1.60 bits per heavy atom. The molecule has 1 unspecified atom stereocenters. The maximum Gasteiger partial charge on any atom is 0.257 e. The Hall–Kier alpha value is -1.36. The van der Waals surface area contributed by atoms with Gasteiger partial charge in [-0.1, -0.05) is 0 Å². The highest BCUT2D eigenvalue weighted by Gasteiger charge is 2.25. The van der Waals surface area contributed by atoms with E-state index in [1.54, 1.807) is 10.9 Å². The number of hydrogen-bond acceptors (Lipinski definition) is 3. The van der Waals surface area contributed by atoms with Gasteiger partial charge in [0.2, 0.25) is 0 Å². The summed E-state index contributed by atoms with van der Waals surface area (Å²) in [4.78, 5) is 14.7.